The van der Waals surface area contributed by atoms with Crippen molar-refractivity contribution in [2.45, 2.75) is 80.3 Å². The molecule has 25 heavy (non-hydrogen) atoms. The van der Waals surface area contributed by atoms with Gasteiger partial charge in [0, 0.05) is 5.41 Å². The highest BCUT2D eigenvalue weighted by Crippen LogP contribution is 2.51. The molecule has 0 bridgehead atoms. The molecule has 0 N–H and O–H groups in total. The molecule has 2 heterocycles. The van der Waals surface area contributed by atoms with Gasteiger partial charge in [0.25, 0.3) is 0 Å². The maximum atomic E-state index is 11.9. The van der Waals surface area contributed by atoms with Crippen LogP contribution in [-0.2, 0) is 14.6 Å². The summed E-state index contributed by atoms with van der Waals surface area (Å²) in [4.78, 5) is 0. The van der Waals surface area contributed by atoms with E-state index >= 15 is 0 Å². The summed E-state index contributed by atoms with van der Waals surface area (Å²) in [5.41, 5.74) is 0.445. The first-order valence-corrected chi connectivity index (χ1v) is 12.1. The van der Waals surface area contributed by atoms with Crippen molar-refractivity contribution >= 4 is 9.84 Å². The van der Waals surface area contributed by atoms with Crippen molar-refractivity contribution in [3.63, 3.8) is 0 Å². The summed E-state index contributed by atoms with van der Waals surface area (Å²) >= 11 is 0. The fraction of sp³-hybridized carbons (Fsp3) is 1.00. The normalized spacial score (nSPS) is 29.4. The van der Waals surface area contributed by atoms with Gasteiger partial charge in [-0.3, -0.25) is 0 Å². The molecule has 0 amide bonds. The summed E-state index contributed by atoms with van der Waals surface area (Å²) in [5, 5.41) is 0. The molecule has 2 atom stereocenters. The van der Waals surface area contributed by atoms with Crippen LogP contribution in [0.25, 0.3) is 0 Å². The van der Waals surface area contributed by atoms with E-state index in [1.807, 2.05) is 0 Å². The average Bonchev–Trinajstić information content (AvgIpc) is 2.92. The van der Waals surface area contributed by atoms with E-state index in [4.69, 9.17) is 4.74 Å². The minimum absolute atomic E-state index is 0.148. The Labute approximate surface area is 156 Å². The molecule has 0 radical (unpaired) electrons. The van der Waals surface area contributed by atoms with Gasteiger partial charge in [-0.25, -0.2) is 8.42 Å². The predicted octanol–water partition coefficient (Wildman–Crippen LogP) is 4.95. The molecule has 0 aromatic heterocycles. The fourth-order valence-corrected chi connectivity index (χ4v) is 7.21. The molecule has 2 aliphatic heterocycles. The maximum Gasteiger partial charge on any atom is 0.150 e. The summed E-state index contributed by atoms with van der Waals surface area (Å²) in [6.45, 7) is 17.1. The van der Waals surface area contributed by atoms with Crippen LogP contribution in [0.5, 0.6) is 0 Å². The van der Waals surface area contributed by atoms with E-state index in [0.717, 1.165) is 32.3 Å². The Morgan fingerprint density at radius 3 is 1.76 bits per heavy atom. The second-order valence-electron chi connectivity index (χ2n) is 9.86. The molecule has 2 saturated heterocycles. The SMILES string of the molecule is CC(C)C1(C(C)C)COC(CC(C)C2(C(C)C)CCS(=O)(=O)CC2)C1. The van der Waals surface area contributed by atoms with E-state index in [2.05, 4.69) is 48.5 Å². The summed E-state index contributed by atoms with van der Waals surface area (Å²) in [6, 6.07) is 0. The maximum absolute atomic E-state index is 11.9. The highest BCUT2D eigenvalue weighted by atomic mass is 32.2. The summed E-state index contributed by atoms with van der Waals surface area (Å²) in [6.07, 6.45) is 4.19. The molecular formula is C21H40O3S. The van der Waals surface area contributed by atoms with E-state index in [-0.39, 0.29) is 5.41 Å². The van der Waals surface area contributed by atoms with Crippen LogP contribution in [0.3, 0.4) is 0 Å². The standard InChI is InChI=1S/C21H40O3S/c1-15(2)20(8-10-25(22,23)11-9-20)18(7)12-19-13-21(14-24-19,16(3)4)17(5)6/h15-19H,8-14H2,1-7H3. The lowest BCUT2D eigenvalue weighted by Gasteiger charge is -2.46. The van der Waals surface area contributed by atoms with E-state index in [0.29, 0.717) is 46.7 Å². The lowest BCUT2D eigenvalue weighted by Crippen LogP contribution is -2.43. The number of sulfone groups is 1. The quantitative estimate of drug-likeness (QED) is 0.662. The van der Waals surface area contributed by atoms with Crippen LogP contribution < -0.4 is 0 Å². The van der Waals surface area contributed by atoms with Crippen molar-refractivity contribution in [3.8, 4) is 0 Å². The van der Waals surface area contributed by atoms with Crippen LogP contribution in [0.4, 0.5) is 0 Å². The van der Waals surface area contributed by atoms with E-state index in [9.17, 15) is 8.42 Å². The molecule has 2 unspecified atom stereocenters. The molecule has 0 saturated carbocycles. The molecule has 3 nitrogen and oxygen atoms in total. The monoisotopic (exact) mass is 372 g/mol. The van der Waals surface area contributed by atoms with Gasteiger partial charge in [0.05, 0.1) is 24.2 Å². The van der Waals surface area contributed by atoms with Crippen molar-refractivity contribution in [1.82, 2.24) is 0 Å². The van der Waals surface area contributed by atoms with Gasteiger partial charge in [-0.2, -0.15) is 0 Å². The Kier molecular flexibility index (Phi) is 6.36. The van der Waals surface area contributed by atoms with Gasteiger partial charge >= 0.3 is 0 Å². The zero-order chi connectivity index (χ0) is 19.0. The lowest BCUT2D eigenvalue weighted by molar-refractivity contribution is 0.0205. The lowest BCUT2D eigenvalue weighted by atomic mass is 9.62. The minimum Gasteiger partial charge on any atom is -0.378 e. The van der Waals surface area contributed by atoms with Gasteiger partial charge in [-0.1, -0.05) is 48.5 Å². The third-order valence-corrected chi connectivity index (χ3v) is 9.65. The van der Waals surface area contributed by atoms with Crippen LogP contribution in [0.15, 0.2) is 0 Å². The molecule has 2 rings (SSSR count). The van der Waals surface area contributed by atoms with E-state index in [1.54, 1.807) is 0 Å². The molecule has 0 aliphatic carbocycles. The Hall–Kier alpha value is -0.0900. The molecule has 4 heteroatoms. The van der Waals surface area contributed by atoms with Gasteiger partial charge in [-0.15, -0.1) is 0 Å². The summed E-state index contributed by atoms with van der Waals surface area (Å²) < 4.78 is 30.2. The number of hydrogen-bond acceptors (Lipinski definition) is 3. The molecule has 0 spiro atoms. The molecular weight excluding hydrogens is 332 g/mol. The first kappa shape index (κ1) is 21.2. The van der Waals surface area contributed by atoms with Crippen LogP contribution in [0, 0.1) is 34.5 Å². The van der Waals surface area contributed by atoms with Crippen LogP contribution in [0.2, 0.25) is 0 Å². The molecule has 2 fully saturated rings. The molecule has 148 valence electrons. The third kappa shape index (κ3) is 4.10. The van der Waals surface area contributed by atoms with Crippen LogP contribution in [0.1, 0.15) is 74.1 Å². The van der Waals surface area contributed by atoms with Gasteiger partial charge in [0.2, 0.25) is 0 Å². The molecule has 0 aromatic carbocycles. The van der Waals surface area contributed by atoms with E-state index < -0.39 is 9.84 Å². The topological polar surface area (TPSA) is 43.4 Å². The zero-order valence-electron chi connectivity index (χ0n) is 17.5. The zero-order valence-corrected chi connectivity index (χ0v) is 18.3. The second kappa shape index (κ2) is 7.50. The Balaban J connectivity index is 2.09. The Morgan fingerprint density at radius 2 is 1.36 bits per heavy atom. The molecule has 2 aliphatic rings. The number of rotatable bonds is 6. The van der Waals surface area contributed by atoms with Crippen LogP contribution in [-0.4, -0.2) is 32.6 Å². The van der Waals surface area contributed by atoms with Gasteiger partial charge in [0.15, 0.2) is 0 Å². The number of ether oxygens (including phenoxy) is 1. The Bertz CT molecular complexity index is 525. The van der Waals surface area contributed by atoms with Crippen molar-refractivity contribution < 1.29 is 13.2 Å². The van der Waals surface area contributed by atoms with Gasteiger partial charge < -0.3 is 4.74 Å². The number of hydrogen-bond donors (Lipinski definition) is 0. The fourth-order valence-electron chi connectivity index (χ4n) is 5.62. The van der Waals surface area contributed by atoms with Crippen molar-refractivity contribution in [2.24, 2.45) is 34.5 Å². The van der Waals surface area contributed by atoms with Gasteiger partial charge in [0.1, 0.15) is 9.84 Å². The smallest absolute Gasteiger partial charge is 0.150 e. The van der Waals surface area contributed by atoms with Crippen molar-refractivity contribution in [1.29, 1.82) is 0 Å². The largest absolute Gasteiger partial charge is 0.378 e. The first-order chi connectivity index (χ1) is 11.5. The van der Waals surface area contributed by atoms with Gasteiger partial charge in [-0.05, 0) is 54.8 Å². The van der Waals surface area contributed by atoms with Crippen LogP contribution >= 0.6 is 0 Å². The first-order valence-electron chi connectivity index (χ1n) is 10.3. The second-order valence-corrected chi connectivity index (χ2v) is 12.2. The minimum atomic E-state index is -2.82. The van der Waals surface area contributed by atoms with Crippen molar-refractivity contribution in [2.75, 3.05) is 18.1 Å². The van der Waals surface area contributed by atoms with E-state index in [1.165, 1.54) is 0 Å². The Morgan fingerprint density at radius 1 is 0.880 bits per heavy atom. The predicted molar refractivity (Wildman–Crippen MR) is 105 cm³/mol. The van der Waals surface area contributed by atoms with Crippen molar-refractivity contribution in [3.05, 3.63) is 0 Å². The molecule has 0 aromatic rings. The average molecular weight is 373 g/mol. The highest BCUT2D eigenvalue weighted by molar-refractivity contribution is 7.91. The highest BCUT2D eigenvalue weighted by Gasteiger charge is 2.48. The summed E-state index contributed by atoms with van der Waals surface area (Å²) in [5.74, 6) is 3.01. The summed E-state index contributed by atoms with van der Waals surface area (Å²) in [7, 11) is -2.82. The third-order valence-electron chi connectivity index (χ3n) is 8.00.